The van der Waals surface area contributed by atoms with E-state index in [1.54, 1.807) is 18.2 Å². The van der Waals surface area contributed by atoms with Crippen molar-refractivity contribution in [3.8, 4) is 0 Å². The zero-order valence-corrected chi connectivity index (χ0v) is 11.4. The first-order valence-electron chi connectivity index (χ1n) is 5.33. The van der Waals surface area contributed by atoms with Crippen LogP contribution in [0.1, 0.15) is 28.0 Å². The van der Waals surface area contributed by atoms with Crippen LogP contribution in [0, 0.1) is 0 Å². The van der Waals surface area contributed by atoms with E-state index in [2.05, 4.69) is 4.74 Å². The van der Waals surface area contributed by atoms with Crippen molar-refractivity contribution in [3.05, 3.63) is 57.5 Å². The van der Waals surface area contributed by atoms with Gasteiger partial charge in [0.2, 0.25) is 5.76 Å². The van der Waals surface area contributed by atoms with Crippen molar-refractivity contribution in [2.45, 2.75) is 6.10 Å². The molecule has 0 aliphatic heterocycles. The average Bonchev–Trinajstić information content (AvgIpc) is 2.85. The summed E-state index contributed by atoms with van der Waals surface area (Å²) in [4.78, 5) is 11.3. The van der Waals surface area contributed by atoms with Crippen molar-refractivity contribution in [1.82, 2.24) is 0 Å². The standard InChI is InChI=1S/C13H10Cl2O4/c1-18-13(17)11-3-2-10(19-11)12(16)7-4-8(14)6-9(15)5-7/h2-6,12,16H,1H3. The van der Waals surface area contributed by atoms with E-state index in [1.165, 1.54) is 19.2 Å². The molecule has 2 aromatic rings. The monoisotopic (exact) mass is 300 g/mol. The molecule has 1 heterocycles. The minimum atomic E-state index is -1.06. The Morgan fingerprint density at radius 1 is 1.26 bits per heavy atom. The highest BCUT2D eigenvalue weighted by atomic mass is 35.5. The molecule has 0 bridgehead atoms. The average molecular weight is 301 g/mol. The summed E-state index contributed by atoms with van der Waals surface area (Å²) in [7, 11) is 1.25. The lowest BCUT2D eigenvalue weighted by molar-refractivity contribution is 0.0558. The second-order valence-corrected chi connectivity index (χ2v) is 4.67. The maximum atomic E-state index is 11.3. The number of carbonyl (C=O) groups excluding carboxylic acids is 1. The molecule has 1 aromatic carbocycles. The highest BCUT2D eigenvalue weighted by Crippen LogP contribution is 2.28. The van der Waals surface area contributed by atoms with Crippen molar-refractivity contribution in [3.63, 3.8) is 0 Å². The molecule has 0 aliphatic carbocycles. The number of furan rings is 1. The summed E-state index contributed by atoms with van der Waals surface area (Å²) in [6.07, 6.45) is -1.06. The lowest BCUT2D eigenvalue weighted by Crippen LogP contribution is -2.00. The van der Waals surface area contributed by atoms with Crippen LogP contribution >= 0.6 is 23.2 Å². The van der Waals surface area contributed by atoms with Crippen LogP contribution in [0.2, 0.25) is 10.0 Å². The minimum absolute atomic E-state index is 0.0182. The van der Waals surface area contributed by atoms with Crippen LogP contribution in [0.3, 0.4) is 0 Å². The van der Waals surface area contributed by atoms with Crippen molar-refractivity contribution in [2.75, 3.05) is 7.11 Å². The number of benzene rings is 1. The molecule has 19 heavy (non-hydrogen) atoms. The number of methoxy groups -OCH3 is 1. The van der Waals surface area contributed by atoms with E-state index < -0.39 is 12.1 Å². The SMILES string of the molecule is COC(=O)c1ccc(C(O)c2cc(Cl)cc(Cl)c2)o1. The topological polar surface area (TPSA) is 59.7 Å². The number of hydrogen-bond donors (Lipinski definition) is 1. The summed E-state index contributed by atoms with van der Waals surface area (Å²) in [6.45, 7) is 0. The Balaban J connectivity index is 2.30. The van der Waals surface area contributed by atoms with Crippen molar-refractivity contribution >= 4 is 29.2 Å². The molecule has 0 saturated carbocycles. The van der Waals surface area contributed by atoms with E-state index >= 15 is 0 Å². The minimum Gasteiger partial charge on any atom is -0.463 e. The van der Waals surface area contributed by atoms with E-state index in [-0.39, 0.29) is 11.5 Å². The fourth-order valence-electron chi connectivity index (χ4n) is 1.61. The Kier molecular flexibility index (Phi) is 4.14. The summed E-state index contributed by atoms with van der Waals surface area (Å²) in [6, 6.07) is 7.61. The molecule has 0 radical (unpaired) electrons. The van der Waals surface area contributed by atoms with Crippen molar-refractivity contribution < 1.29 is 19.1 Å². The lowest BCUT2D eigenvalue weighted by Gasteiger charge is -2.09. The third kappa shape index (κ3) is 3.10. The predicted molar refractivity (Wildman–Crippen MR) is 70.6 cm³/mol. The van der Waals surface area contributed by atoms with Crippen LogP contribution in [0.4, 0.5) is 0 Å². The molecule has 0 fully saturated rings. The number of aliphatic hydroxyl groups is 1. The third-order valence-electron chi connectivity index (χ3n) is 2.48. The second-order valence-electron chi connectivity index (χ2n) is 3.80. The molecular weight excluding hydrogens is 291 g/mol. The molecule has 4 nitrogen and oxygen atoms in total. The Morgan fingerprint density at radius 3 is 2.47 bits per heavy atom. The van der Waals surface area contributed by atoms with E-state index in [1.807, 2.05) is 0 Å². The number of hydrogen-bond acceptors (Lipinski definition) is 4. The van der Waals surface area contributed by atoms with Gasteiger partial charge in [-0.15, -0.1) is 0 Å². The van der Waals surface area contributed by atoms with Gasteiger partial charge < -0.3 is 14.3 Å². The highest BCUT2D eigenvalue weighted by molar-refractivity contribution is 6.34. The van der Waals surface area contributed by atoms with E-state index in [4.69, 9.17) is 27.6 Å². The maximum Gasteiger partial charge on any atom is 0.373 e. The predicted octanol–water partition coefficient (Wildman–Crippen LogP) is 3.45. The first kappa shape index (κ1) is 13.9. The zero-order valence-electron chi connectivity index (χ0n) is 9.89. The summed E-state index contributed by atoms with van der Waals surface area (Å²) in [5.74, 6) is -0.383. The number of carbonyl (C=O) groups is 1. The summed E-state index contributed by atoms with van der Waals surface area (Å²) in [5, 5.41) is 11.0. The van der Waals surface area contributed by atoms with Gasteiger partial charge in [-0.1, -0.05) is 23.2 Å². The molecule has 0 aliphatic rings. The molecule has 6 heteroatoms. The Hall–Kier alpha value is -1.49. The van der Waals surface area contributed by atoms with Crippen LogP contribution < -0.4 is 0 Å². The molecule has 1 N–H and O–H groups in total. The molecule has 0 spiro atoms. The quantitative estimate of drug-likeness (QED) is 0.882. The highest BCUT2D eigenvalue weighted by Gasteiger charge is 2.18. The largest absolute Gasteiger partial charge is 0.463 e. The number of rotatable bonds is 3. The van der Waals surface area contributed by atoms with Gasteiger partial charge in [0.25, 0.3) is 0 Å². The van der Waals surface area contributed by atoms with E-state index in [0.29, 0.717) is 15.6 Å². The number of esters is 1. The fourth-order valence-corrected chi connectivity index (χ4v) is 2.15. The molecule has 2 rings (SSSR count). The summed E-state index contributed by atoms with van der Waals surface area (Å²) in [5.41, 5.74) is 0.475. The van der Waals surface area contributed by atoms with Crippen molar-refractivity contribution in [1.29, 1.82) is 0 Å². The van der Waals surface area contributed by atoms with Gasteiger partial charge in [0.1, 0.15) is 11.9 Å². The summed E-state index contributed by atoms with van der Waals surface area (Å²) < 4.78 is 9.74. The maximum absolute atomic E-state index is 11.3. The van der Waals surface area contributed by atoms with Crippen LogP contribution in [-0.4, -0.2) is 18.2 Å². The first-order chi connectivity index (χ1) is 9.01. The van der Waals surface area contributed by atoms with Gasteiger partial charge in [0, 0.05) is 10.0 Å². The lowest BCUT2D eigenvalue weighted by atomic mass is 10.1. The molecule has 1 aromatic heterocycles. The zero-order chi connectivity index (χ0) is 14.0. The Bertz CT molecular complexity index is 586. The van der Waals surface area contributed by atoms with Crippen LogP contribution in [0.25, 0.3) is 0 Å². The van der Waals surface area contributed by atoms with Crippen LogP contribution in [0.15, 0.2) is 34.7 Å². The Morgan fingerprint density at radius 2 is 1.89 bits per heavy atom. The molecule has 0 amide bonds. The van der Waals surface area contributed by atoms with Gasteiger partial charge in [-0.25, -0.2) is 4.79 Å². The molecular formula is C13H10Cl2O4. The molecule has 1 unspecified atom stereocenters. The normalized spacial score (nSPS) is 12.2. The van der Waals surface area contributed by atoms with Crippen LogP contribution in [0.5, 0.6) is 0 Å². The van der Waals surface area contributed by atoms with Gasteiger partial charge >= 0.3 is 5.97 Å². The fraction of sp³-hybridized carbons (Fsp3) is 0.154. The smallest absolute Gasteiger partial charge is 0.373 e. The van der Waals surface area contributed by atoms with Gasteiger partial charge in [-0.3, -0.25) is 0 Å². The van der Waals surface area contributed by atoms with Gasteiger partial charge in [-0.2, -0.15) is 0 Å². The van der Waals surface area contributed by atoms with Crippen LogP contribution in [-0.2, 0) is 4.74 Å². The number of aliphatic hydroxyl groups excluding tert-OH is 1. The van der Waals surface area contributed by atoms with E-state index in [9.17, 15) is 9.90 Å². The van der Waals surface area contributed by atoms with Gasteiger partial charge in [-0.05, 0) is 35.9 Å². The first-order valence-corrected chi connectivity index (χ1v) is 6.09. The van der Waals surface area contributed by atoms with Crippen molar-refractivity contribution in [2.24, 2.45) is 0 Å². The molecule has 1 atom stereocenters. The summed E-state index contributed by atoms with van der Waals surface area (Å²) >= 11 is 11.7. The van der Waals surface area contributed by atoms with E-state index in [0.717, 1.165) is 0 Å². The Labute approximate surface area is 119 Å². The number of ether oxygens (including phenoxy) is 1. The second kappa shape index (κ2) is 5.65. The third-order valence-corrected chi connectivity index (χ3v) is 2.92. The van der Waals surface area contributed by atoms with Gasteiger partial charge in [0.05, 0.1) is 7.11 Å². The van der Waals surface area contributed by atoms with Gasteiger partial charge in [0.15, 0.2) is 0 Å². The molecule has 0 saturated heterocycles. The number of halogens is 2. The molecule has 100 valence electrons.